The van der Waals surface area contributed by atoms with Gasteiger partial charge in [0.2, 0.25) is 17.7 Å². The van der Waals surface area contributed by atoms with Crippen molar-refractivity contribution < 1.29 is 23.1 Å². The molecule has 0 radical (unpaired) electrons. The van der Waals surface area contributed by atoms with Crippen molar-refractivity contribution in [2.45, 2.75) is 13.3 Å². The van der Waals surface area contributed by atoms with Crippen LogP contribution in [0, 0.1) is 11.6 Å². The molecule has 0 atom stereocenters. The normalized spacial score (nSPS) is 10.3. The number of aromatic nitrogens is 2. The largest absolute Gasteiger partial charge is 0.439 e. The second kappa shape index (κ2) is 8.87. The zero-order valence-electron chi connectivity index (χ0n) is 15.3. The molecular weight excluding hydrogens is 382 g/mol. The van der Waals surface area contributed by atoms with E-state index in [1.165, 1.54) is 25.4 Å². The molecule has 3 rings (SSSR count). The predicted molar refractivity (Wildman–Crippen MR) is 102 cm³/mol. The summed E-state index contributed by atoms with van der Waals surface area (Å²) in [6.45, 7) is 1.36. The van der Waals surface area contributed by atoms with Gasteiger partial charge in [0.25, 0.3) is 0 Å². The number of anilines is 2. The zero-order chi connectivity index (χ0) is 20.8. The third kappa shape index (κ3) is 5.55. The van der Waals surface area contributed by atoms with Crippen LogP contribution in [0.2, 0.25) is 0 Å². The Kier molecular flexibility index (Phi) is 6.08. The molecule has 3 aromatic rings. The van der Waals surface area contributed by atoms with Gasteiger partial charge in [0.1, 0.15) is 29.5 Å². The second-order valence-electron chi connectivity index (χ2n) is 5.97. The summed E-state index contributed by atoms with van der Waals surface area (Å²) in [6.07, 6.45) is 0.820. The minimum atomic E-state index is -0.771. The van der Waals surface area contributed by atoms with E-state index in [4.69, 9.17) is 4.74 Å². The minimum absolute atomic E-state index is 0.218. The number of carbonyl (C=O) groups is 2. The van der Waals surface area contributed by atoms with Crippen LogP contribution < -0.4 is 15.4 Å². The van der Waals surface area contributed by atoms with Crippen LogP contribution in [0.4, 0.5) is 20.3 Å². The molecule has 0 saturated heterocycles. The van der Waals surface area contributed by atoms with Crippen LogP contribution in [0.1, 0.15) is 12.5 Å². The first-order valence-corrected chi connectivity index (χ1v) is 8.51. The molecule has 0 aliphatic heterocycles. The van der Waals surface area contributed by atoms with Gasteiger partial charge in [-0.2, -0.15) is 0 Å². The van der Waals surface area contributed by atoms with Crippen molar-refractivity contribution in [2.75, 3.05) is 10.6 Å². The molecule has 0 bridgehead atoms. The lowest BCUT2D eigenvalue weighted by atomic mass is 10.1. The SMILES string of the molecule is CC(=O)Nc1cc(Oc2ccc(NC(=O)Cc3c(F)cccc3F)cc2)ncn1. The summed E-state index contributed by atoms with van der Waals surface area (Å²) >= 11 is 0. The summed E-state index contributed by atoms with van der Waals surface area (Å²) < 4.78 is 32.8. The van der Waals surface area contributed by atoms with Crippen molar-refractivity contribution in [3.8, 4) is 11.6 Å². The fourth-order valence-corrected chi connectivity index (χ4v) is 2.44. The van der Waals surface area contributed by atoms with Crippen molar-refractivity contribution in [2.24, 2.45) is 0 Å². The van der Waals surface area contributed by atoms with E-state index in [1.807, 2.05) is 0 Å². The van der Waals surface area contributed by atoms with Gasteiger partial charge in [-0.1, -0.05) is 6.07 Å². The smallest absolute Gasteiger partial charge is 0.229 e. The van der Waals surface area contributed by atoms with Gasteiger partial charge in [0.05, 0.1) is 6.42 Å². The zero-order valence-corrected chi connectivity index (χ0v) is 15.3. The number of ether oxygens (including phenoxy) is 1. The topological polar surface area (TPSA) is 93.2 Å². The summed E-state index contributed by atoms with van der Waals surface area (Å²) in [6, 6.07) is 11.2. The van der Waals surface area contributed by atoms with E-state index in [2.05, 4.69) is 20.6 Å². The Morgan fingerprint density at radius 3 is 2.34 bits per heavy atom. The summed E-state index contributed by atoms with van der Waals surface area (Å²) in [4.78, 5) is 31.0. The maximum atomic E-state index is 13.6. The van der Waals surface area contributed by atoms with E-state index in [9.17, 15) is 18.4 Å². The highest BCUT2D eigenvalue weighted by Crippen LogP contribution is 2.23. The highest BCUT2D eigenvalue weighted by molar-refractivity contribution is 5.92. The lowest BCUT2D eigenvalue weighted by Gasteiger charge is -2.09. The number of benzene rings is 2. The number of nitrogens with one attached hydrogen (secondary N) is 2. The van der Waals surface area contributed by atoms with E-state index in [1.54, 1.807) is 24.3 Å². The molecule has 0 spiro atoms. The van der Waals surface area contributed by atoms with Gasteiger partial charge in [-0.25, -0.2) is 18.7 Å². The molecule has 1 heterocycles. The van der Waals surface area contributed by atoms with Crippen molar-refractivity contribution >= 4 is 23.3 Å². The van der Waals surface area contributed by atoms with Crippen LogP contribution >= 0.6 is 0 Å². The number of halogens is 2. The van der Waals surface area contributed by atoms with Crippen LogP contribution in [0.5, 0.6) is 11.6 Å². The average Bonchev–Trinajstić information content (AvgIpc) is 2.66. The van der Waals surface area contributed by atoms with E-state index >= 15 is 0 Å². The molecule has 2 amide bonds. The van der Waals surface area contributed by atoms with Gasteiger partial charge in [0.15, 0.2) is 0 Å². The molecule has 0 fully saturated rings. The summed E-state index contributed by atoms with van der Waals surface area (Å²) in [5.74, 6) is -1.43. The second-order valence-corrected chi connectivity index (χ2v) is 5.97. The lowest BCUT2D eigenvalue weighted by molar-refractivity contribution is -0.116. The van der Waals surface area contributed by atoms with E-state index in [0.29, 0.717) is 17.3 Å². The third-order valence-electron chi connectivity index (χ3n) is 3.71. The maximum Gasteiger partial charge on any atom is 0.229 e. The van der Waals surface area contributed by atoms with Gasteiger partial charge in [-0.3, -0.25) is 9.59 Å². The predicted octanol–water partition coefficient (Wildman–Crippen LogP) is 3.69. The monoisotopic (exact) mass is 398 g/mol. The molecule has 7 nitrogen and oxygen atoms in total. The van der Waals surface area contributed by atoms with Crippen molar-refractivity contribution in [1.82, 2.24) is 9.97 Å². The first-order valence-electron chi connectivity index (χ1n) is 8.51. The number of hydrogen-bond donors (Lipinski definition) is 2. The van der Waals surface area contributed by atoms with Crippen LogP contribution in [-0.2, 0) is 16.0 Å². The summed E-state index contributed by atoms with van der Waals surface area (Å²) in [7, 11) is 0. The fourth-order valence-electron chi connectivity index (χ4n) is 2.44. The van der Waals surface area contributed by atoms with Gasteiger partial charge < -0.3 is 15.4 Å². The number of amides is 2. The summed E-state index contributed by atoms with van der Waals surface area (Å²) in [5.41, 5.74) is 0.143. The van der Waals surface area contributed by atoms with Crippen molar-refractivity contribution in [3.63, 3.8) is 0 Å². The van der Waals surface area contributed by atoms with Gasteiger partial charge in [-0.15, -0.1) is 0 Å². The Morgan fingerprint density at radius 2 is 1.69 bits per heavy atom. The van der Waals surface area contributed by atoms with Crippen LogP contribution in [0.25, 0.3) is 0 Å². The van der Waals surface area contributed by atoms with E-state index < -0.39 is 24.0 Å². The van der Waals surface area contributed by atoms with Crippen molar-refractivity contribution in [3.05, 3.63) is 72.1 Å². The van der Waals surface area contributed by atoms with Crippen molar-refractivity contribution in [1.29, 1.82) is 0 Å². The molecule has 2 aromatic carbocycles. The molecule has 2 N–H and O–H groups in total. The maximum absolute atomic E-state index is 13.6. The van der Waals surface area contributed by atoms with E-state index in [0.717, 1.165) is 12.1 Å². The number of carbonyl (C=O) groups excluding carboxylic acids is 2. The molecule has 0 saturated carbocycles. The molecular formula is C20H16F2N4O3. The number of rotatable bonds is 6. The number of hydrogen-bond acceptors (Lipinski definition) is 5. The molecule has 0 aliphatic carbocycles. The Labute approximate surface area is 164 Å². The molecule has 29 heavy (non-hydrogen) atoms. The highest BCUT2D eigenvalue weighted by atomic mass is 19.1. The lowest BCUT2D eigenvalue weighted by Crippen LogP contribution is -2.16. The highest BCUT2D eigenvalue weighted by Gasteiger charge is 2.13. The quantitative estimate of drug-likeness (QED) is 0.661. The van der Waals surface area contributed by atoms with E-state index in [-0.39, 0.29) is 17.4 Å². The Hall–Kier alpha value is -3.88. The van der Waals surface area contributed by atoms with Crippen LogP contribution in [0.15, 0.2) is 54.9 Å². The molecule has 9 heteroatoms. The van der Waals surface area contributed by atoms with Gasteiger partial charge in [-0.05, 0) is 36.4 Å². The number of nitrogens with zero attached hydrogens (tertiary/aromatic N) is 2. The minimum Gasteiger partial charge on any atom is -0.439 e. The third-order valence-corrected chi connectivity index (χ3v) is 3.71. The average molecular weight is 398 g/mol. The molecule has 0 unspecified atom stereocenters. The first kappa shape index (κ1) is 19.9. The first-order chi connectivity index (χ1) is 13.9. The molecule has 148 valence electrons. The van der Waals surface area contributed by atoms with Crippen LogP contribution in [-0.4, -0.2) is 21.8 Å². The fraction of sp³-hybridized carbons (Fsp3) is 0.100. The Balaban J connectivity index is 1.61. The van der Waals surface area contributed by atoms with Gasteiger partial charge >= 0.3 is 0 Å². The van der Waals surface area contributed by atoms with Crippen LogP contribution in [0.3, 0.4) is 0 Å². The Bertz CT molecular complexity index is 1020. The molecule has 1 aromatic heterocycles. The van der Waals surface area contributed by atoms with Gasteiger partial charge in [0, 0.05) is 24.2 Å². The summed E-state index contributed by atoms with van der Waals surface area (Å²) in [5, 5.41) is 5.08. The standard InChI is InChI=1S/C20H16F2N4O3/c1-12(27)25-18-10-20(24-11-23-18)29-14-7-5-13(6-8-14)26-19(28)9-15-16(21)3-2-4-17(15)22/h2-8,10-11H,9H2,1H3,(H,26,28)(H,23,24,25,27). The Morgan fingerprint density at radius 1 is 1.00 bits per heavy atom. The molecule has 0 aliphatic rings.